The number of carbonyl (C=O) groups is 1. The molecule has 1 aromatic carbocycles. The Hall–Kier alpha value is -1.52. The van der Waals surface area contributed by atoms with E-state index < -0.39 is 22.7 Å². The van der Waals surface area contributed by atoms with E-state index >= 15 is 0 Å². The van der Waals surface area contributed by atoms with Gasteiger partial charge in [0, 0.05) is 12.3 Å². The third kappa shape index (κ3) is 12.9. The standard InChI is InChI=1S/C38H66O5Si2/c1-29(2)41-36(40)23-19-14-13-18-22-32-33(35(28-34(32)39)43-45(11,12)38(6,7)8)27-26-31(42-44(9,10)37(3,4)5)25-24-30-20-16-15-17-21-30/h13,15-18,20-21,26-27,29,31-35,39H,14,19,22-25,28H2,1-12H3/b18-13-,27-26+/t31-,32+,33+,34-,35+/m0/s1. The lowest BCUT2D eigenvalue weighted by Crippen LogP contribution is -2.45. The average molecular weight is 659 g/mol. The molecule has 0 unspecified atom stereocenters. The van der Waals surface area contributed by atoms with Crippen molar-refractivity contribution in [2.45, 2.75) is 161 Å². The minimum Gasteiger partial charge on any atom is -0.463 e. The van der Waals surface area contributed by atoms with Gasteiger partial charge in [-0.3, -0.25) is 4.79 Å². The smallest absolute Gasteiger partial charge is 0.306 e. The molecule has 0 aliphatic heterocycles. The zero-order valence-corrected chi connectivity index (χ0v) is 32.7. The zero-order chi connectivity index (χ0) is 34.1. The molecule has 1 saturated carbocycles. The molecule has 7 heteroatoms. The van der Waals surface area contributed by atoms with E-state index in [0.29, 0.717) is 12.8 Å². The average Bonchev–Trinajstić information content (AvgIpc) is 3.19. The van der Waals surface area contributed by atoms with Gasteiger partial charge >= 0.3 is 5.97 Å². The number of allylic oxidation sites excluding steroid dienone is 2. The molecule has 2 rings (SSSR count). The first-order valence-electron chi connectivity index (χ1n) is 17.3. The van der Waals surface area contributed by atoms with Crippen LogP contribution in [0.15, 0.2) is 54.6 Å². The summed E-state index contributed by atoms with van der Waals surface area (Å²) in [5, 5.41) is 11.6. The maximum absolute atomic E-state index is 11.9. The second-order valence-corrected chi connectivity index (χ2v) is 25.9. The van der Waals surface area contributed by atoms with Crippen molar-refractivity contribution in [3.63, 3.8) is 0 Å². The Bertz CT molecular complexity index is 1080. The summed E-state index contributed by atoms with van der Waals surface area (Å²) >= 11 is 0. The second kappa shape index (κ2) is 17.0. The van der Waals surface area contributed by atoms with Crippen LogP contribution in [0.4, 0.5) is 0 Å². The third-order valence-electron chi connectivity index (χ3n) is 10.2. The quantitative estimate of drug-likeness (QED) is 0.0829. The van der Waals surface area contributed by atoms with Crippen LogP contribution in [0.3, 0.4) is 0 Å². The van der Waals surface area contributed by atoms with Crippen molar-refractivity contribution in [2.24, 2.45) is 11.8 Å². The Labute approximate surface area is 278 Å². The van der Waals surface area contributed by atoms with E-state index in [9.17, 15) is 9.90 Å². The number of rotatable bonds is 16. The molecule has 0 spiro atoms. The van der Waals surface area contributed by atoms with Crippen molar-refractivity contribution in [3.05, 3.63) is 60.2 Å². The second-order valence-electron chi connectivity index (χ2n) is 16.4. The molecular weight excluding hydrogens is 593 g/mol. The van der Waals surface area contributed by atoms with Gasteiger partial charge in [-0.2, -0.15) is 0 Å². The highest BCUT2D eigenvalue weighted by molar-refractivity contribution is 6.74. The fraction of sp³-hybridized carbons (Fsp3) is 0.711. The Morgan fingerprint density at radius 2 is 1.60 bits per heavy atom. The van der Waals surface area contributed by atoms with E-state index in [0.717, 1.165) is 32.1 Å². The van der Waals surface area contributed by atoms with Gasteiger partial charge in [-0.1, -0.05) is 96.2 Å². The SMILES string of the molecule is CC(C)OC(=O)CCC/C=C\C[C@@H]1[C@@H](/C=C/[C@H](CCc2ccccc2)O[Si](C)(C)C(C)(C)C)[C@H](O[Si](C)(C)C(C)(C)C)C[C@@H]1O. The van der Waals surface area contributed by atoms with Crippen molar-refractivity contribution in [2.75, 3.05) is 0 Å². The Kier molecular flexibility index (Phi) is 15.0. The van der Waals surface area contributed by atoms with Gasteiger partial charge in [0.05, 0.1) is 24.4 Å². The lowest BCUT2D eigenvalue weighted by molar-refractivity contribution is -0.147. The van der Waals surface area contributed by atoms with Crippen LogP contribution in [0.2, 0.25) is 36.3 Å². The third-order valence-corrected chi connectivity index (χ3v) is 19.2. The highest BCUT2D eigenvalue weighted by Gasteiger charge is 2.47. The molecule has 1 N–H and O–H groups in total. The number of hydrogen-bond acceptors (Lipinski definition) is 5. The molecule has 0 bridgehead atoms. The monoisotopic (exact) mass is 658 g/mol. The summed E-state index contributed by atoms with van der Waals surface area (Å²) in [5.74, 6) is 0.0324. The molecule has 1 fully saturated rings. The van der Waals surface area contributed by atoms with Crippen molar-refractivity contribution in [1.29, 1.82) is 0 Å². The van der Waals surface area contributed by atoms with Crippen LogP contribution in [-0.4, -0.2) is 52.1 Å². The number of aryl methyl sites for hydroxylation is 1. The minimum atomic E-state index is -2.05. The molecule has 256 valence electrons. The number of ether oxygens (including phenoxy) is 1. The summed E-state index contributed by atoms with van der Waals surface area (Å²) in [4.78, 5) is 11.9. The van der Waals surface area contributed by atoms with E-state index in [4.69, 9.17) is 13.6 Å². The summed E-state index contributed by atoms with van der Waals surface area (Å²) in [5.41, 5.74) is 1.32. The van der Waals surface area contributed by atoms with E-state index in [1.165, 1.54) is 5.56 Å². The number of hydrogen-bond donors (Lipinski definition) is 1. The van der Waals surface area contributed by atoms with Crippen LogP contribution < -0.4 is 0 Å². The molecule has 0 amide bonds. The van der Waals surface area contributed by atoms with Gasteiger partial charge < -0.3 is 18.7 Å². The van der Waals surface area contributed by atoms with Gasteiger partial charge in [0.1, 0.15) is 0 Å². The highest BCUT2D eigenvalue weighted by atomic mass is 28.4. The topological polar surface area (TPSA) is 65.0 Å². The lowest BCUT2D eigenvalue weighted by atomic mass is 9.89. The molecule has 1 aliphatic rings. The lowest BCUT2D eigenvalue weighted by Gasteiger charge is -2.40. The molecule has 0 radical (unpaired) electrons. The Morgan fingerprint density at radius 1 is 0.978 bits per heavy atom. The van der Waals surface area contributed by atoms with Crippen molar-refractivity contribution in [3.8, 4) is 0 Å². The Balaban J connectivity index is 2.29. The fourth-order valence-electron chi connectivity index (χ4n) is 5.38. The molecule has 1 aliphatic carbocycles. The summed E-state index contributed by atoms with van der Waals surface area (Å²) in [6.45, 7) is 26.7. The molecule has 1 aromatic rings. The maximum Gasteiger partial charge on any atom is 0.306 e. The first kappa shape index (κ1) is 39.7. The first-order valence-corrected chi connectivity index (χ1v) is 23.2. The van der Waals surface area contributed by atoms with Crippen molar-refractivity contribution < 1.29 is 23.5 Å². The largest absolute Gasteiger partial charge is 0.463 e. The van der Waals surface area contributed by atoms with Crippen LogP contribution in [0.5, 0.6) is 0 Å². The number of aliphatic hydroxyl groups excluding tert-OH is 1. The fourth-order valence-corrected chi connectivity index (χ4v) is 8.05. The number of benzene rings is 1. The highest BCUT2D eigenvalue weighted by Crippen LogP contribution is 2.44. The van der Waals surface area contributed by atoms with E-state index in [1.807, 2.05) is 13.8 Å². The van der Waals surface area contributed by atoms with E-state index in [1.54, 1.807) is 0 Å². The van der Waals surface area contributed by atoms with Gasteiger partial charge in [-0.25, -0.2) is 0 Å². The first-order chi connectivity index (χ1) is 20.7. The molecule has 0 aromatic heterocycles. The molecule has 0 heterocycles. The summed E-state index contributed by atoms with van der Waals surface area (Å²) < 4.78 is 19.3. The van der Waals surface area contributed by atoms with E-state index in [2.05, 4.69) is 122 Å². The van der Waals surface area contributed by atoms with Gasteiger partial charge in [0.2, 0.25) is 0 Å². The molecular formula is C38H66O5Si2. The van der Waals surface area contributed by atoms with Crippen LogP contribution in [-0.2, 0) is 24.8 Å². The molecule has 0 saturated heterocycles. The number of unbranched alkanes of at least 4 members (excludes halogenated alkanes) is 1. The molecule has 45 heavy (non-hydrogen) atoms. The normalized spacial score (nSPS) is 22.5. The summed E-state index contributed by atoms with van der Waals surface area (Å²) in [6.07, 6.45) is 13.8. The van der Waals surface area contributed by atoms with Crippen molar-refractivity contribution >= 4 is 22.6 Å². The van der Waals surface area contributed by atoms with Gasteiger partial charge in [-0.05, 0) is 100 Å². The minimum absolute atomic E-state index is 0.000788. The summed E-state index contributed by atoms with van der Waals surface area (Å²) in [7, 11) is -4.07. The van der Waals surface area contributed by atoms with Gasteiger partial charge in [0.15, 0.2) is 16.6 Å². The maximum atomic E-state index is 11.9. The van der Waals surface area contributed by atoms with Gasteiger partial charge in [-0.15, -0.1) is 0 Å². The van der Waals surface area contributed by atoms with Crippen LogP contribution in [0.1, 0.15) is 99.5 Å². The molecule has 5 atom stereocenters. The summed E-state index contributed by atoms with van der Waals surface area (Å²) in [6, 6.07) is 10.7. The predicted octanol–water partition coefficient (Wildman–Crippen LogP) is 10.0. The van der Waals surface area contributed by atoms with Crippen LogP contribution in [0, 0.1) is 11.8 Å². The molecule has 5 nitrogen and oxygen atoms in total. The number of esters is 1. The Morgan fingerprint density at radius 3 is 2.18 bits per heavy atom. The number of aliphatic hydroxyl groups is 1. The zero-order valence-electron chi connectivity index (χ0n) is 30.7. The van der Waals surface area contributed by atoms with Crippen LogP contribution >= 0.6 is 0 Å². The number of carbonyl (C=O) groups excluding carboxylic acids is 1. The van der Waals surface area contributed by atoms with Gasteiger partial charge in [0.25, 0.3) is 0 Å². The van der Waals surface area contributed by atoms with Crippen molar-refractivity contribution in [1.82, 2.24) is 0 Å². The van der Waals surface area contributed by atoms with Crippen LogP contribution in [0.25, 0.3) is 0 Å². The van der Waals surface area contributed by atoms with E-state index in [-0.39, 0.29) is 46.2 Å². The predicted molar refractivity (Wildman–Crippen MR) is 194 cm³/mol.